The normalized spacial score (nSPS) is 18.8. The lowest BCUT2D eigenvalue weighted by Gasteiger charge is -2.29. The number of amides is 2. The second-order valence-electron chi connectivity index (χ2n) is 12.0. The summed E-state index contributed by atoms with van der Waals surface area (Å²) < 4.78 is 5.62. The first-order valence-corrected chi connectivity index (χ1v) is 13.8. The Kier molecular flexibility index (Phi) is 8.45. The summed E-state index contributed by atoms with van der Waals surface area (Å²) in [6, 6.07) is 18.0. The zero-order chi connectivity index (χ0) is 29.2. The first kappa shape index (κ1) is 29.0. The predicted molar refractivity (Wildman–Crippen MR) is 152 cm³/mol. The molecular weight excluding hydrogens is 504 g/mol. The van der Waals surface area contributed by atoms with Crippen LogP contribution in [-0.2, 0) is 15.0 Å². The number of likely N-dealkylation sites (tertiary alicyclic amines) is 1. The molecule has 1 saturated heterocycles. The van der Waals surface area contributed by atoms with Gasteiger partial charge in [-0.3, -0.25) is 9.59 Å². The lowest BCUT2D eigenvalue weighted by Crippen LogP contribution is -2.48. The van der Waals surface area contributed by atoms with E-state index in [4.69, 9.17) is 4.52 Å². The van der Waals surface area contributed by atoms with Gasteiger partial charge in [-0.2, -0.15) is 5.26 Å². The van der Waals surface area contributed by atoms with Gasteiger partial charge in [0, 0.05) is 24.4 Å². The van der Waals surface area contributed by atoms with Gasteiger partial charge in [0.2, 0.25) is 11.8 Å². The van der Waals surface area contributed by atoms with Crippen LogP contribution in [0.15, 0.2) is 59.1 Å². The fourth-order valence-electron chi connectivity index (χ4n) is 5.19. The number of aliphatic hydroxyl groups excluding tert-OH is 1. The zero-order valence-corrected chi connectivity index (χ0v) is 24.0. The second kappa shape index (κ2) is 11.6. The van der Waals surface area contributed by atoms with Gasteiger partial charge in [-0.25, -0.2) is 0 Å². The minimum atomic E-state index is -0.794. The summed E-state index contributed by atoms with van der Waals surface area (Å²) >= 11 is 0. The van der Waals surface area contributed by atoms with Crippen molar-refractivity contribution in [3.8, 4) is 17.2 Å². The standard InChI is InChI=1S/C32H38N4O4/c1-19(2)29(27-16-28(35-40-27)32(4,5)6)31(39)36-18-24(37)15-26(36)30(38)34-20(3)21-11-13-22(14-12-21)25-10-8-7-9-23(25)17-33/h7-14,16,19-20,24,26,29,37H,15,18H2,1-6H3,(H,34,38)/t20-,24+,26-,29+/m0/s1. The number of hydrogen-bond donors (Lipinski definition) is 2. The molecule has 4 atom stereocenters. The highest BCUT2D eigenvalue weighted by atomic mass is 16.5. The molecule has 40 heavy (non-hydrogen) atoms. The van der Waals surface area contributed by atoms with Gasteiger partial charge >= 0.3 is 0 Å². The van der Waals surface area contributed by atoms with E-state index < -0.39 is 18.1 Å². The van der Waals surface area contributed by atoms with E-state index in [-0.39, 0.29) is 42.2 Å². The van der Waals surface area contributed by atoms with Crippen molar-refractivity contribution in [1.82, 2.24) is 15.4 Å². The minimum absolute atomic E-state index is 0.0851. The molecule has 2 N–H and O–H groups in total. The SMILES string of the molecule is CC(C)[C@@H](C(=O)N1C[C@H](O)C[C@H]1C(=O)N[C@@H](C)c1ccc(-c2ccccc2C#N)cc1)c1cc(C(C)(C)C)no1. The topological polar surface area (TPSA) is 119 Å². The van der Waals surface area contributed by atoms with E-state index >= 15 is 0 Å². The summed E-state index contributed by atoms with van der Waals surface area (Å²) in [7, 11) is 0. The third-order valence-corrected chi connectivity index (χ3v) is 7.53. The maximum absolute atomic E-state index is 13.8. The number of nitrogens with zero attached hydrogens (tertiary/aromatic N) is 3. The van der Waals surface area contributed by atoms with Crippen molar-refractivity contribution in [3.63, 3.8) is 0 Å². The predicted octanol–water partition coefficient (Wildman–Crippen LogP) is 5.09. The summed E-state index contributed by atoms with van der Waals surface area (Å²) in [5.74, 6) is -0.816. The third-order valence-electron chi connectivity index (χ3n) is 7.53. The molecule has 1 aliphatic rings. The number of carbonyl (C=O) groups is 2. The Morgan fingerprint density at radius 2 is 1.80 bits per heavy atom. The van der Waals surface area contributed by atoms with Crippen LogP contribution in [0.4, 0.5) is 0 Å². The zero-order valence-electron chi connectivity index (χ0n) is 24.0. The lowest BCUT2D eigenvalue weighted by atomic mass is 9.88. The summed E-state index contributed by atoms with van der Waals surface area (Å²) in [5.41, 5.74) is 3.78. The Morgan fingerprint density at radius 1 is 1.12 bits per heavy atom. The maximum Gasteiger partial charge on any atom is 0.243 e. The maximum atomic E-state index is 13.8. The van der Waals surface area contributed by atoms with Gasteiger partial charge in [0.05, 0.1) is 29.5 Å². The van der Waals surface area contributed by atoms with Crippen LogP contribution >= 0.6 is 0 Å². The number of hydrogen-bond acceptors (Lipinski definition) is 6. The summed E-state index contributed by atoms with van der Waals surface area (Å²) in [4.78, 5) is 28.7. The number of nitriles is 1. The number of β-amino-alcohol motifs (C(OH)–C–C–N with tert-alkyl or cyclic N) is 1. The fourth-order valence-corrected chi connectivity index (χ4v) is 5.19. The summed E-state index contributed by atoms with van der Waals surface area (Å²) in [5, 5.41) is 27.1. The Bertz CT molecular complexity index is 1400. The number of aliphatic hydroxyl groups is 1. The minimum Gasteiger partial charge on any atom is -0.391 e. The molecule has 0 saturated carbocycles. The van der Waals surface area contributed by atoms with E-state index in [1.165, 1.54) is 4.90 Å². The van der Waals surface area contributed by atoms with E-state index in [2.05, 4.69) is 16.5 Å². The largest absolute Gasteiger partial charge is 0.391 e. The number of carbonyl (C=O) groups excluding carboxylic acids is 2. The van der Waals surface area contributed by atoms with Crippen LogP contribution in [0, 0.1) is 17.2 Å². The van der Waals surface area contributed by atoms with Gasteiger partial charge in [-0.1, -0.05) is 82.2 Å². The average Bonchev–Trinajstić information content (AvgIpc) is 3.56. The molecule has 2 amide bonds. The summed E-state index contributed by atoms with van der Waals surface area (Å²) in [6.07, 6.45) is -0.620. The quantitative estimate of drug-likeness (QED) is 0.429. The fraction of sp³-hybridized carbons (Fsp3) is 0.438. The molecule has 1 aromatic heterocycles. The molecular formula is C32H38N4O4. The Labute approximate surface area is 236 Å². The Morgan fingerprint density at radius 3 is 2.40 bits per heavy atom. The van der Waals surface area contributed by atoms with Crippen LogP contribution in [-0.4, -0.2) is 45.7 Å². The number of nitrogens with one attached hydrogen (secondary N) is 1. The smallest absolute Gasteiger partial charge is 0.243 e. The van der Waals surface area contributed by atoms with Crippen LogP contribution in [0.3, 0.4) is 0 Å². The van der Waals surface area contributed by atoms with Gasteiger partial charge in [-0.15, -0.1) is 0 Å². The van der Waals surface area contributed by atoms with Crippen molar-refractivity contribution in [2.75, 3.05) is 6.54 Å². The van der Waals surface area contributed by atoms with E-state index in [0.717, 1.165) is 22.4 Å². The van der Waals surface area contributed by atoms with E-state index in [1.807, 2.05) is 90.1 Å². The number of rotatable bonds is 7. The Balaban J connectivity index is 1.49. The molecule has 3 aromatic rings. The molecule has 0 radical (unpaired) electrons. The van der Waals surface area contributed by atoms with Gasteiger partial charge in [0.15, 0.2) is 0 Å². The third kappa shape index (κ3) is 6.10. The van der Waals surface area contributed by atoms with E-state index in [0.29, 0.717) is 11.3 Å². The van der Waals surface area contributed by atoms with Gasteiger partial charge in [0.1, 0.15) is 17.7 Å². The molecule has 8 nitrogen and oxygen atoms in total. The second-order valence-corrected chi connectivity index (χ2v) is 12.0. The van der Waals surface area contributed by atoms with Crippen molar-refractivity contribution in [2.24, 2.45) is 5.92 Å². The van der Waals surface area contributed by atoms with Gasteiger partial charge in [0.25, 0.3) is 0 Å². The molecule has 210 valence electrons. The van der Waals surface area contributed by atoms with Crippen molar-refractivity contribution in [1.29, 1.82) is 5.26 Å². The van der Waals surface area contributed by atoms with Crippen molar-refractivity contribution in [2.45, 2.75) is 77.5 Å². The highest BCUT2D eigenvalue weighted by molar-refractivity contribution is 5.91. The monoisotopic (exact) mass is 542 g/mol. The molecule has 8 heteroatoms. The van der Waals surface area contributed by atoms with Gasteiger partial charge in [-0.05, 0) is 35.6 Å². The van der Waals surface area contributed by atoms with Gasteiger partial charge < -0.3 is 19.8 Å². The number of benzene rings is 2. The first-order valence-electron chi connectivity index (χ1n) is 13.8. The molecule has 2 heterocycles. The van der Waals surface area contributed by atoms with Crippen molar-refractivity contribution in [3.05, 3.63) is 77.2 Å². The summed E-state index contributed by atoms with van der Waals surface area (Å²) in [6.45, 7) is 11.9. The first-order chi connectivity index (χ1) is 18.9. The lowest BCUT2D eigenvalue weighted by molar-refractivity contribution is -0.141. The van der Waals surface area contributed by atoms with Crippen LogP contribution < -0.4 is 5.32 Å². The molecule has 4 rings (SSSR count). The molecule has 1 aliphatic heterocycles. The molecule has 0 aliphatic carbocycles. The highest BCUT2D eigenvalue weighted by Gasteiger charge is 2.43. The Hall–Kier alpha value is -3.96. The van der Waals surface area contributed by atoms with Crippen LogP contribution in [0.1, 0.15) is 82.5 Å². The van der Waals surface area contributed by atoms with Crippen molar-refractivity contribution >= 4 is 11.8 Å². The average molecular weight is 543 g/mol. The number of aromatic nitrogens is 1. The van der Waals surface area contributed by atoms with E-state index in [9.17, 15) is 20.0 Å². The van der Waals surface area contributed by atoms with E-state index in [1.54, 1.807) is 6.07 Å². The van der Waals surface area contributed by atoms with Crippen molar-refractivity contribution < 1.29 is 19.2 Å². The molecule has 0 unspecified atom stereocenters. The molecule has 1 fully saturated rings. The van der Waals surface area contributed by atoms with Crippen LogP contribution in [0.5, 0.6) is 0 Å². The molecule has 2 aromatic carbocycles. The highest BCUT2D eigenvalue weighted by Crippen LogP contribution is 2.33. The van der Waals surface area contributed by atoms with Crippen LogP contribution in [0.2, 0.25) is 0 Å². The molecule has 0 bridgehead atoms. The molecule has 0 spiro atoms. The van der Waals surface area contributed by atoms with Crippen LogP contribution in [0.25, 0.3) is 11.1 Å².